The smallest absolute Gasteiger partial charge is 0.370 e. The van der Waals surface area contributed by atoms with Gasteiger partial charge in [-0.15, -0.1) is 0 Å². The molecule has 0 spiro atoms. The summed E-state index contributed by atoms with van der Waals surface area (Å²) in [5.41, 5.74) is -0.659. The molecule has 5 heteroatoms. The van der Waals surface area contributed by atoms with Crippen molar-refractivity contribution in [3.8, 4) is 0 Å². The van der Waals surface area contributed by atoms with E-state index in [2.05, 4.69) is 27.7 Å². The van der Waals surface area contributed by atoms with E-state index in [0.717, 1.165) is 18.6 Å². The minimum absolute atomic E-state index is 0.0513. The fraction of sp³-hybridized carbons (Fsp3) is 0.647. The molecule has 1 aromatic rings. The standard InChI is InChI=1S/C17H22F4O/c1-10(16(2,3)4)14-7-8-15(22-14)11-5-6-12(13(18)9-11)17(19,20)21/h5-6,9-10,14-15H,7-8H2,1-4H3/t10-,14-,15+/m0/s1. The maximum absolute atomic E-state index is 13.7. The summed E-state index contributed by atoms with van der Waals surface area (Å²) in [6.45, 7) is 8.50. The average Bonchev–Trinajstić information content (AvgIpc) is 2.84. The van der Waals surface area contributed by atoms with Crippen LogP contribution in [0, 0.1) is 17.2 Å². The summed E-state index contributed by atoms with van der Waals surface area (Å²) in [6.07, 6.45) is -3.40. The molecule has 1 saturated heterocycles. The Kier molecular flexibility index (Phi) is 4.58. The maximum atomic E-state index is 13.7. The van der Waals surface area contributed by atoms with Crippen LogP contribution in [0.2, 0.25) is 0 Å². The molecule has 0 N–H and O–H groups in total. The lowest BCUT2D eigenvalue weighted by Crippen LogP contribution is -2.29. The van der Waals surface area contributed by atoms with Crippen molar-refractivity contribution in [3.05, 3.63) is 35.1 Å². The summed E-state index contributed by atoms with van der Waals surface area (Å²) in [5.74, 6) is -0.919. The SMILES string of the molecule is C[C@@H]([C@@H]1CC[C@H](c2ccc(C(F)(F)F)c(F)c2)O1)C(C)(C)C. The lowest BCUT2D eigenvalue weighted by atomic mass is 9.78. The Morgan fingerprint density at radius 1 is 1.14 bits per heavy atom. The zero-order valence-electron chi connectivity index (χ0n) is 13.3. The van der Waals surface area contributed by atoms with Gasteiger partial charge in [-0.3, -0.25) is 0 Å². The average molecular weight is 318 g/mol. The molecule has 1 aromatic carbocycles. The maximum Gasteiger partial charge on any atom is 0.419 e. The first-order valence-corrected chi connectivity index (χ1v) is 7.52. The van der Waals surface area contributed by atoms with Crippen LogP contribution in [-0.2, 0) is 10.9 Å². The number of halogens is 4. The number of benzene rings is 1. The van der Waals surface area contributed by atoms with E-state index >= 15 is 0 Å². The number of rotatable bonds is 2. The van der Waals surface area contributed by atoms with Gasteiger partial charge in [-0.25, -0.2) is 4.39 Å². The monoisotopic (exact) mass is 318 g/mol. The molecule has 1 fully saturated rings. The van der Waals surface area contributed by atoms with Crippen LogP contribution in [0.3, 0.4) is 0 Å². The second-order valence-corrected chi connectivity index (χ2v) is 7.13. The molecule has 1 aliphatic rings. The van der Waals surface area contributed by atoms with Gasteiger partial charge >= 0.3 is 6.18 Å². The van der Waals surface area contributed by atoms with Gasteiger partial charge in [0.2, 0.25) is 0 Å². The van der Waals surface area contributed by atoms with Crippen molar-refractivity contribution in [2.24, 2.45) is 11.3 Å². The minimum atomic E-state index is -4.66. The quantitative estimate of drug-likeness (QED) is 0.631. The van der Waals surface area contributed by atoms with E-state index < -0.39 is 17.6 Å². The summed E-state index contributed by atoms with van der Waals surface area (Å²) < 4.78 is 57.4. The minimum Gasteiger partial charge on any atom is -0.370 e. The Bertz CT molecular complexity index is 530. The highest BCUT2D eigenvalue weighted by atomic mass is 19.4. The lowest BCUT2D eigenvalue weighted by molar-refractivity contribution is -0.140. The normalized spacial score (nSPS) is 24.5. The number of hydrogen-bond acceptors (Lipinski definition) is 1. The summed E-state index contributed by atoms with van der Waals surface area (Å²) in [4.78, 5) is 0. The molecule has 0 amide bonds. The van der Waals surface area contributed by atoms with E-state index in [0.29, 0.717) is 17.9 Å². The van der Waals surface area contributed by atoms with Gasteiger partial charge in [0.15, 0.2) is 0 Å². The Hall–Kier alpha value is -1.10. The van der Waals surface area contributed by atoms with Gasteiger partial charge in [-0.1, -0.05) is 33.8 Å². The van der Waals surface area contributed by atoms with Crippen molar-refractivity contribution in [1.29, 1.82) is 0 Å². The molecule has 0 aromatic heterocycles. The molecule has 22 heavy (non-hydrogen) atoms. The van der Waals surface area contributed by atoms with Gasteiger partial charge < -0.3 is 4.74 Å². The van der Waals surface area contributed by atoms with Gasteiger partial charge in [0.05, 0.1) is 17.8 Å². The largest absolute Gasteiger partial charge is 0.419 e. The van der Waals surface area contributed by atoms with Crippen molar-refractivity contribution in [2.75, 3.05) is 0 Å². The fourth-order valence-electron chi connectivity index (χ4n) is 2.80. The van der Waals surface area contributed by atoms with Crippen LogP contribution < -0.4 is 0 Å². The topological polar surface area (TPSA) is 9.23 Å². The third kappa shape index (κ3) is 3.62. The van der Waals surface area contributed by atoms with Gasteiger partial charge in [0.1, 0.15) is 5.82 Å². The summed E-state index contributed by atoms with van der Waals surface area (Å²) in [6, 6.07) is 3.08. The van der Waals surface area contributed by atoms with Gasteiger partial charge in [0.25, 0.3) is 0 Å². The number of alkyl halides is 3. The van der Waals surface area contributed by atoms with E-state index in [4.69, 9.17) is 4.74 Å². The van der Waals surface area contributed by atoms with E-state index in [-0.39, 0.29) is 17.6 Å². The van der Waals surface area contributed by atoms with Crippen molar-refractivity contribution >= 4 is 0 Å². The molecular formula is C17H22F4O. The molecule has 0 unspecified atom stereocenters. The van der Waals surface area contributed by atoms with E-state index in [1.807, 2.05) is 0 Å². The van der Waals surface area contributed by atoms with Crippen LogP contribution in [0.25, 0.3) is 0 Å². The number of hydrogen-bond donors (Lipinski definition) is 0. The van der Waals surface area contributed by atoms with E-state index in [1.165, 1.54) is 6.07 Å². The first kappa shape index (κ1) is 17.3. The molecule has 124 valence electrons. The zero-order chi connectivity index (χ0) is 16.7. The highest BCUT2D eigenvalue weighted by molar-refractivity contribution is 5.28. The summed E-state index contributed by atoms with van der Waals surface area (Å²) >= 11 is 0. The Morgan fingerprint density at radius 3 is 2.27 bits per heavy atom. The second kappa shape index (κ2) is 5.84. The molecule has 1 heterocycles. The molecule has 2 rings (SSSR count). The predicted molar refractivity (Wildman–Crippen MR) is 76.9 cm³/mol. The molecule has 0 radical (unpaired) electrons. The molecule has 0 bridgehead atoms. The first-order chi connectivity index (χ1) is 10.00. The highest BCUT2D eigenvalue weighted by Gasteiger charge is 2.37. The highest BCUT2D eigenvalue weighted by Crippen LogP contribution is 2.42. The second-order valence-electron chi connectivity index (χ2n) is 7.13. The summed E-state index contributed by atoms with van der Waals surface area (Å²) in [7, 11) is 0. The van der Waals surface area contributed by atoms with Crippen LogP contribution in [0.4, 0.5) is 17.6 Å². The fourth-order valence-corrected chi connectivity index (χ4v) is 2.80. The van der Waals surface area contributed by atoms with Gasteiger partial charge in [-0.2, -0.15) is 13.2 Å². The van der Waals surface area contributed by atoms with E-state index in [9.17, 15) is 17.6 Å². The van der Waals surface area contributed by atoms with E-state index in [1.54, 1.807) is 0 Å². The Balaban J connectivity index is 2.13. The van der Waals surface area contributed by atoms with Crippen LogP contribution in [0.15, 0.2) is 18.2 Å². The first-order valence-electron chi connectivity index (χ1n) is 7.52. The molecule has 1 nitrogen and oxygen atoms in total. The molecule has 3 atom stereocenters. The third-order valence-electron chi connectivity index (χ3n) is 4.65. The predicted octanol–water partition coefficient (Wildman–Crippen LogP) is 5.75. The third-order valence-corrected chi connectivity index (χ3v) is 4.65. The Morgan fingerprint density at radius 2 is 1.77 bits per heavy atom. The van der Waals surface area contributed by atoms with Crippen LogP contribution >= 0.6 is 0 Å². The van der Waals surface area contributed by atoms with Crippen molar-refractivity contribution in [2.45, 2.75) is 58.9 Å². The molecule has 0 aliphatic carbocycles. The van der Waals surface area contributed by atoms with Gasteiger partial charge in [-0.05, 0) is 41.9 Å². The molecule has 1 aliphatic heterocycles. The lowest BCUT2D eigenvalue weighted by Gasteiger charge is -2.32. The summed E-state index contributed by atoms with van der Waals surface area (Å²) in [5, 5.41) is 0. The van der Waals surface area contributed by atoms with Crippen LogP contribution in [-0.4, -0.2) is 6.10 Å². The van der Waals surface area contributed by atoms with Crippen molar-refractivity contribution in [1.82, 2.24) is 0 Å². The van der Waals surface area contributed by atoms with Crippen molar-refractivity contribution in [3.63, 3.8) is 0 Å². The number of ether oxygens (including phenoxy) is 1. The zero-order valence-corrected chi connectivity index (χ0v) is 13.3. The van der Waals surface area contributed by atoms with Crippen molar-refractivity contribution < 1.29 is 22.3 Å². The van der Waals surface area contributed by atoms with Gasteiger partial charge in [0, 0.05) is 0 Å². The molecular weight excluding hydrogens is 296 g/mol. The molecule has 0 saturated carbocycles. The van der Waals surface area contributed by atoms with Crippen LogP contribution in [0.5, 0.6) is 0 Å². The Labute approximate surface area is 128 Å². The van der Waals surface area contributed by atoms with Crippen LogP contribution in [0.1, 0.15) is 57.8 Å².